The molecule has 2 aromatic heterocycles. The van der Waals surface area contributed by atoms with Crippen molar-refractivity contribution in [2.75, 3.05) is 11.9 Å². The summed E-state index contributed by atoms with van der Waals surface area (Å²) in [5, 5.41) is 7.95. The summed E-state index contributed by atoms with van der Waals surface area (Å²) in [6, 6.07) is 3.42. The molecule has 1 spiro atoms. The minimum atomic E-state index is -4.53. The van der Waals surface area contributed by atoms with Crippen LogP contribution in [0.25, 0.3) is 11.0 Å². The Bertz CT molecular complexity index is 1370. The molecule has 7 nitrogen and oxygen atoms in total. The first-order chi connectivity index (χ1) is 16.6. The summed E-state index contributed by atoms with van der Waals surface area (Å²) in [6.07, 6.45) is 1.46. The maximum atomic E-state index is 13.4. The number of amides is 1. The Kier molecular flexibility index (Phi) is 4.90. The van der Waals surface area contributed by atoms with Gasteiger partial charge in [-0.2, -0.15) is 13.2 Å². The molecule has 3 aliphatic rings. The van der Waals surface area contributed by atoms with Gasteiger partial charge in [-0.1, -0.05) is 37.4 Å². The number of fused-ring (bicyclic) bond motifs is 5. The smallest absolute Gasteiger partial charge is 0.434 e. The average Bonchev–Trinajstić information content (AvgIpc) is 3.43. The molecule has 0 saturated heterocycles. The van der Waals surface area contributed by atoms with Crippen LogP contribution in [0.1, 0.15) is 59.7 Å². The molecule has 0 atom stereocenters. The van der Waals surface area contributed by atoms with Crippen LogP contribution in [-0.2, 0) is 24.8 Å². The van der Waals surface area contributed by atoms with Crippen LogP contribution in [0.2, 0.25) is 5.02 Å². The molecule has 184 valence electrons. The molecule has 2 N–H and O–H groups in total. The standard InChI is InChI=1S/C24H23ClF3N5O2/c1-13-29-20-15(25)9-14-10-16(35-21(14)19(20)23(31-13)5-3-2-4-6-23)22(34)33-8-7-32-11-17(24(26,27)28)30-18(32)12-33/h9-11,29,31H,1-8,12H2. The predicted molar refractivity (Wildman–Crippen MR) is 124 cm³/mol. The number of anilines is 1. The Morgan fingerprint density at radius 3 is 2.71 bits per heavy atom. The highest BCUT2D eigenvalue weighted by molar-refractivity contribution is 6.34. The lowest BCUT2D eigenvalue weighted by Crippen LogP contribution is -2.48. The highest BCUT2D eigenvalue weighted by atomic mass is 35.5. The number of nitrogens with one attached hydrogen (secondary N) is 2. The fourth-order valence-electron chi connectivity index (χ4n) is 5.62. The van der Waals surface area contributed by atoms with E-state index in [2.05, 4.69) is 22.2 Å². The van der Waals surface area contributed by atoms with Gasteiger partial charge in [0.05, 0.1) is 28.6 Å². The predicted octanol–water partition coefficient (Wildman–Crippen LogP) is 5.60. The molecule has 1 saturated carbocycles. The van der Waals surface area contributed by atoms with Crippen LogP contribution in [0.4, 0.5) is 18.9 Å². The molecule has 0 radical (unpaired) electrons. The van der Waals surface area contributed by atoms with Gasteiger partial charge in [0, 0.05) is 30.2 Å². The minimum absolute atomic E-state index is 0.0301. The minimum Gasteiger partial charge on any atom is -0.450 e. The molecule has 0 unspecified atom stereocenters. The lowest BCUT2D eigenvalue weighted by Gasteiger charge is -2.44. The summed E-state index contributed by atoms with van der Waals surface area (Å²) in [6.45, 7) is 4.51. The second-order valence-electron chi connectivity index (χ2n) is 9.47. The van der Waals surface area contributed by atoms with Crippen LogP contribution in [-0.4, -0.2) is 26.9 Å². The zero-order chi connectivity index (χ0) is 24.5. The van der Waals surface area contributed by atoms with Gasteiger partial charge in [0.2, 0.25) is 0 Å². The second kappa shape index (κ2) is 7.68. The number of benzene rings is 1. The van der Waals surface area contributed by atoms with Crippen LogP contribution >= 0.6 is 11.6 Å². The van der Waals surface area contributed by atoms with E-state index in [1.165, 1.54) is 9.47 Å². The van der Waals surface area contributed by atoms with E-state index in [0.29, 0.717) is 21.8 Å². The van der Waals surface area contributed by atoms with Gasteiger partial charge in [-0.3, -0.25) is 4.79 Å². The maximum absolute atomic E-state index is 13.4. The first-order valence-corrected chi connectivity index (χ1v) is 12.0. The van der Waals surface area contributed by atoms with Crippen molar-refractivity contribution in [3.8, 4) is 0 Å². The second-order valence-corrected chi connectivity index (χ2v) is 9.88. The monoisotopic (exact) mass is 505 g/mol. The molecule has 1 amide bonds. The fourth-order valence-corrected chi connectivity index (χ4v) is 5.87. The molecular formula is C24H23ClF3N5O2. The number of carbonyl (C=O) groups excluding carboxylic acids is 1. The number of nitrogens with zero attached hydrogens (tertiary/aromatic N) is 3. The van der Waals surface area contributed by atoms with Gasteiger partial charge in [0.15, 0.2) is 11.5 Å². The van der Waals surface area contributed by atoms with Crippen LogP contribution in [0, 0.1) is 0 Å². The third-order valence-corrected chi connectivity index (χ3v) is 7.50. The number of aromatic nitrogens is 2. The van der Waals surface area contributed by atoms with Crippen molar-refractivity contribution in [1.82, 2.24) is 19.8 Å². The topological polar surface area (TPSA) is 75.3 Å². The summed E-state index contributed by atoms with van der Waals surface area (Å²) in [7, 11) is 0. The van der Waals surface area contributed by atoms with Gasteiger partial charge in [-0.05, 0) is 25.0 Å². The molecule has 3 aromatic rings. The molecule has 1 aliphatic carbocycles. The number of halogens is 4. The quantitative estimate of drug-likeness (QED) is 0.450. The molecule has 4 heterocycles. The number of imidazole rings is 1. The summed E-state index contributed by atoms with van der Waals surface area (Å²) in [5.41, 5.74) is 0.875. The van der Waals surface area contributed by atoms with E-state index in [9.17, 15) is 18.0 Å². The van der Waals surface area contributed by atoms with Crippen molar-refractivity contribution < 1.29 is 22.4 Å². The molecule has 2 aliphatic heterocycles. The van der Waals surface area contributed by atoms with E-state index >= 15 is 0 Å². The number of rotatable bonds is 1. The van der Waals surface area contributed by atoms with E-state index in [-0.39, 0.29) is 36.8 Å². The number of hydrogen-bond donors (Lipinski definition) is 2. The first-order valence-electron chi connectivity index (χ1n) is 11.6. The largest absolute Gasteiger partial charge is 0.450 e. The molecule has 35 heavy (non-hydrogen) atoms. The number of carbonyl (C=O) groups is 1. The number of hydrogen-bond acceptors (Lipinski definition) is 5. The van der Waals surface area contributed by atoms with Gasteiger partial charge in [0.1, 0.15) is 11.4 Å². The highest BCUT2D eigenvalue weighted by Gasteiger charge is 2.43. The van der Waals surface area contributed by atoms with E-state index in [4.69, 9.17) is 16.0 Å². The van der Waals surface area contributed by atoms with Crippen molar-refractivity contribution in [3.63, 3.8) is 0 Å². The van der Waals surface area contributed by atoms with Gasteiger partial charge >= 0.3 is 6.18 Å². The summed E-state index contributed by atoms with van der Waals surface area (Å²) >= 11 is 6.65. The molecule has 1 fully saturated rings. The molecule has 0 bridgehead atoms. The van der Waals surface area contributed by atoms with E-state index in [1.54, 1.807) is 12.1 Å². The van der Waals surface area contributed by atoms with Crippen molar-refractivity contribution in [2.24, 2.45) is 0 Å². The number of furan rings is 1. The molecular weight excluding hydrogens is 483 g/mol. The van der Waals surface area contributed by atoms with Crippen LogP contribution in [0.15, 0.2) is 35.1 Å². The highest BCUT2D eigenvalue weighted by Crippen LogP contribution is 2.50. The third-order valence-electron chi connectivity index (χ3n) is 7.20. The Labute approximate surface area is 203 Å². The summed E-state index contributed by atoms with van der Waals surface area (Å²) in [4.78, 5) is 18.5. The van der Waals surface area contributed by atoms with Crippen molar-refractivity contribution >= 4 is 34.2 Å². The Balaban J connectivity index is 1.37. The molecule has 1 aromatic carbocycles. The van der Waals surface area contributed by atoms with Gasteiger partial charge < -0.3 is 24.5 Å². The average molecular weight is 506 g/mol. The Morgan fingerprint density at radius 1 is 1.20 bits per heavy atom. The first kappa shape index (κ1) is 22.3. The molecule has 11 heteroatoms. The molecule has 6 rings (SSSR count). The zero-order valence-electron chi connectivity index (χ0n) is 18.8. The van der Waals surface area contributed by atoms with E-state index in [1.807, 2.05) is 0 Å². The lowest BCUT2D eigenvalue weighted by atomic mass is 9.74. The maximum Gasteiger partial charge on any atom is 0.434 e. The Hall–Kier alpha value is -3.14. The van der Waals surface area contributed by atoms with Crippen molar-refractivity contribution in [1.29, 1.82) is 0 Å². The van der Waals surface area contributed by atoms with E-state index in [0.717, 1.165) is 49.6 Å². The van der Waals surface area contributed by atoms with Crippen LogP contribution in [0.5, 0.6) is 0 Å². The number of alkyl halides is 3. The lowest BCUT2D eigenvalue weighted by molar-refractivity contribution is -0.141. The van der Waals surface area contributed by atoms with Crippen LogP contribution < -0.4 is 10.6 Å². The third kappa shape index (κ3) is 3.57. The Morgan fingerprint density at radius 2 is 1.97 bits per heavy atom. The van der Waals surface area contributed by atoms with Gasteiger partial charge in [-0.25, -0.2) is 4.98 Å². The summed E-state index contributed by atoms with van der Waals surface area (Å²) < 4.78 is 46.8. The zero-order valence-corrected chi connectivity index (χ0v) is 19.5. The van der Waals surface area contributed by atoms with E-state index < -0.39 is 17.8 Å². The van der Waals surface area contributed by atoms with Crippen molar-refractivity contribution in [2.45, 2.75) is 56.9 Å². The SMILES string of the molecule is C=C1Nc2c(Cl)cc3cc(C(=O)N4CCn5cc(C(F)(F)F)nc5C4)oc3c2C2(CCCCC2)N1. The normalized spacial score (nSPS) is 19.3. The van der Waals surface area contributed by atoms with Gasteiger partial charge in [-0.15, -0.1) is 0 Å². The fraction of sp³-hybridized carbons (Fsp3) is 0.417. The summed E-state index contributed by atoms with van der Waals surface area (Å²) in [5.74, 6) is 0.593. The van der Waals surface area contributed by atoms with Gasteiger partial charge in [0.25, 0.3) is 5.91 Å². The van der Waals surface area contributed by atoms with Crippen LogP contribution in [0.3, 0.4) is 0 Å². The van der Waals surface area contributed by atoms with Crippen molar-refractivity contribution in [3.05, 3.63) is 58.6 Å².